The second kappa shape index (κ2) is 6.52. The van der Waals surface area contributed by atoms with Gasteiger partial charge in [-0.05, 0) is 19.1 Å². The van der Waals surface area contributed by atoms with Crippen LogP contribution in [0.25, 0.3) is 0 Å². The fourth-order valence-electron chi connectivity index (χ4n) is 1.70. The summed E-state index contributed by atoms with van der Waals surface area (Å²) in [6.07, 6.45) is 0. The number of hydrogen-bond donors (Lipinski definition) is 0. The van der Waals surface area contributed by atoms with Crippen molar-refractivity contribution in [2.45, 2.75) is 18.4 Å². The maximum absolute atomic E-state index is 12.6. The van der Waals surface area contributed by atoms with E-state index in [2.05, 4.69) is 20.9 Å². The summed E-state index contributed by atoms with van der Waals surface area (Å²) >= 11 is 16.7. The summed E-state index contributed by atoms with van der Waals surface area (Å²) in [5, 5.41) is 0.171. The molecule has 2 rings (SSSR count). The highest BCUT2D eigenvalue weighted by Gasteiger charge is 2.27. The van der Waals surface area contributed by atoms with E-state index in [4.69, 9.17) is 23.2 Å². The molecule has 0 aliphatic carbocycles. The van der Waals surface area contributed by atoms with Crippen LogP contribution in [-0.2, 0) is 16.6 Å². The predicted octanol–water partition coefficient (Wildman–Crippen LogP) is 4.34. The zero-order chi connectivity index (χ0) is 15.8. The highest BCUT2D eigenvalue weighted by molar-refractivity contribution is 9.10. The standard InChI is InChI=1S/C12H11BrCl2N2O2S2/c1-7-11(20-6-16-7)5-17(2)21(18,19)12-9(14)3-8(13)4-10(12)15/h3-4,6H,5H2,1-2H3. The van der Waals surface area contributed by atoms with Gasteiger partial charge in [0.2, 0.25) is 10.0 Å². The van der Waals surface area contributed by atoms with Gasteiger partial charge < -0.3 is 0 Å². The van der Waals surface area contributed by atoms with Crippen molar-refractivity contribution in [3.63, 3.8) is 0 Å². The molecule has 1 aromatic carbocycles. The number of sulfonamides is 1. The zero-order valence-corrected chi connectivity index (χ0v) is 15.8. The summed E-state index contributed by atoms with van der Waals surface area (Å²) in [6, 6.07) is 3.01. The van der Waals surface area contributed by atoms with Gasteiger partial charge in [-0.3, -0.25) is 0 Å². The topological polar surface area (TPSA) is 50.3 Å². The fourth-order valence-corrected chi connectivity index (χ4v) is 5.62. The Morgan fingerprint density at radius 3 is 2.38 bits per heavy atom. The number of rotatable bonds is 4. The summed E-state index contributed by atoms with van der Waals surface area (Å²) in [6.45, 7) is 2.06. The van der Waals surface area contributed by atoms with Gasteiger partial charge in [0.05, 0.1) is 21.2 Å². The van der Waals surface area contributed by atoms with Crippen molar-refractivity contribution in [3.8, 4) is 0 Å². The fraction of sp³-hybridized carbons (Fsp3) is 0.250. The molecule has 1 aromatic heterocycles. The SMILES string of the molecule is Cc1ncsc1CN(C)S(=O)(=O)c1c(Cl)cc(Br)cc1Cl. The van der Waals surface area contributed by atoms with E-state index in [0.717, 1.165) is 10.6 Å². The highest BCUT2D eigenvalue weighted by Crippen LogP contribution is 2.35. The van der Waals surface area contributed by atoms with Crippen molar-refractivity contribution >= 4 is 60.5 Å². The van der Waals surface area contributed by atoms with Crippen molar-refractivity contribution in [3.05, 3.63) is 42.7 Å². The molecule has 1 heterocycles. The van der Waals surface area contributed by atoms with Crippen molar-refractivity contribution in [2.75, 3.05) is 7.05 Å². The van der Waals surface area contributed by atoms with E-state index in [1.54, 1.807) is 5.51 Å². The third-order valence-corrected chi connectivity index (χ3v) is 6.95. The Kier molecular flexibility index (Phi) is 5.33. The summed E-state index contributed by atoms with van der Waals surface area (Å²) in [5.74, 6) is 0. The Labute approximate surface area is 145 Å². The molecule has 0 bridgehead atoms. The summed E-state index contributed by atoms with van der Waals surface area (Å²) in [7, 11) is -2.29. The minimum Gasteiger partial charge on any atom is -0.250 e. The molecule has 0 aliphatic rings. The lowest BCUT2D eigenvalue weighted by Gasteiger charge is -2.18. The van der Waals surface area contributed by atoms with Gasteiger partial charge in [0.15, 0.2) is 0 Å². The van der Waals surface area contributed by atoms with Crippen LogP contribution in [0.3, 0.4) is 0 Å². The molecule has 0 aliphatic heterocycles. The third kappa shape index (κ3) is 3.60. The smallest absolute Gasteiger partial charge is 0.246 e. The molecule has 0 saturated carbocycles. The van der Waals surface area contributed by atoms with Gasteiger partial charge in [0.1, 0.15) is 4.90 Å². The lowest BCUT2D eigenvalue weighted by molar-refractivity contribution is 0.469. The molecular weight excluding hydrogens is 419 g/mol. The van der Waals surface area contributed by atoms with Gasteiger partial charge in [0, 0.05) is 22.9 Å². The monoisotopic (exact) mass is 428 g/mol. The highest BCUT2D eigenvalue weighted by atomic mass is 79.9. The van der Waals surface area contributed by atoms with Crippen LogP contribution in [0.2, 0.25) is 10.0 Å². The van der Waals surface area contributed by atoms with Crippen LogP contribution in [-0.4, -0.2) is 24.8 Å². The predicted molar refractivity (Wildman–Crippen MR) is 89.7 cm³/mol. The van der Waals surface area contributed by atoms with Gasteiger partial charge in [-0.1, -0.05) is 39.1 Å². The average molecular weight is 430 g/mol. The van der Waals surface area contributed by atoms with Crippen LogP contribution in [0, 0.1) is 6.92 Å². The van der Waals surface area contributed by atoms with E-state index in [9.17, 15) is 8.42 Å². The molecule has 0 amide bonds. The second-order valence-corrected chi connectivity index (χ2v) is 8.97. The number of aryl methyl sites for hydroxylation is 1. The van der Waals surface area contributed by atoms with Crippen molar-refractivity contribution in [2.24, 2.45) is 0 Å². The molecule has 4 nitrogen and oxygen atoms in total. The molecule has 9 heteroatoms. The number of nitrogens with zero attached hydrogens (tertiary/aromatic N) is 2. The summed E-state index contributed by atoms with van der Waals surface area (Å²) < 4.78 is 27.1. The van der Waals surface area contributed by atoms with Crippen LogP contribution in [0.4, 0.5) is 0 Å². The average Bonchev–Trinajstić information content (AvgIpc) is 2.73. The van der Waals surface area contributed by atoms with E-state index >= 15 is 0 Å². The van der Waals surface area contributed by atoms with Gasteiger partial charge in [-0.15, -0.1) is 11.3 Å². The van der Waals surface area contributed by atoms with Gasteiger partial charge in [0.25, 0.3) is 0 Å². The minimum absolute atomic E-state index is 0.0845. The number of aromatic nitrogens is 1. The zero-order valence-electron chi connectivity index (χ0n) is 11.1. The molecule has 21 heavy (non-hydrogen) atoms. The van der Waals surface area contributed by atoms with Crippen LogP contribution >= 0.6 is 50.5 Å². The summed E-state index contributed by atoms with van der Waals surface area (Å²) in [4.78, 5) is 4.91. The quantitative estimate of drug-likeness (QED) is 0.726. The second-order valence-electron chi connectivity index (χ2n) is 4.32. The molecule has 0 unspecified atom stereocenters. The Morgan fingerprint density at radius 1 is 1.33 bits per heavy atom. The first-order valence-electron chi connectivity index (χ1n) is 5.73. The lowest BCUT2D eigenvalue weighted by atomic mass is 10.4. The molecule has 0 atom stereocenters. The van der Waals surface area contributed by atoms with Crippen LogP contribution < -0.4 is 0 Å². The Bertz CT molecular complexity index is 754. The van der Waals surface area contributed by atoms with Crippen molar-refractivity contribution in [1.29, 1.82) is 0 Å². The van der Waals surface area contributed by atoms with Crippen LogP contribution in [0.15, 0.2) is 27.0 Å². The van der Waals surface area contributed by atoms with E-state index in [1.165, 1.54) is 34.8 Å². The first-order valence-corrected chi connectivity index (χ1v) is 9.60. The molecular formula is C12H11BrCl2N2O2S2. The van der Waals surface area contributed by atoms with Crippen LogP contribution in [0.5, 0.6) is 0 Å². The van der Waals surface area contributed by atoms with Gasteiger partial charge >= 0.3 is 0 Å². The molecule has 114 valence electrons. The lowest BCUT2D eigenvalue weighted by Crippen LogP contribution is -2.27. The normalized spacial score (nSPS) is 12.1. The van der Waals surface area contributed by atoms with E-state index in [1.807, 2.05) is 6.92 Å². The molecule has 2 aromatic rings. The van der Waals surface area contributed by atoms with E-state index in [-0.39, 0.29) is 21.5 Å². The Hall–Kier alpha value is -0.180. The number of hydrogen-bond acceptors (Lipinski definition) is 4. The molecule has 0 fully saturated rings. The Morgan fingerprint density at radius 2 is 1.90 bits per heavy atom. The van der Waals surface area contributed by atoms with Crippen molar-refractivity contribution < 1.29 is 8.42 Å². The number of halogens is 3. The van der Waals surface area contributed by atoms with E-state index in [0.29, 0.717) is 4.47 Å². The summed E-state index contributed by atoms with van der Waals surface area (Å²) in [5.41, 5.74) is 2.50. The van der Waals surface area contributed by atoms with Gasteiger partial charge in [-0.25, -0.2) is 13.4 Å². The van der Waals surface area contributed by atoms with Crippen LogP contribution in [0.1, 0.15) is 10.6 Å². The number of benzene rings is 1. The van der Waals surface area contributed by atoms with Crippen molar-refractivity contribution in [1.82, 2.24) is 9.29 Å². The molecule has 0 spiro atoms. The maximum atomic E-state index is 12.6. The maximum Gasteiger partial charge on any atom is 0.246 e. The minimum atomic E-state index is -3.78. The molecule has 0 N–H and O–H groups in total. The van der Waals surface area contributed by atoms with E-state index < -0.39 is 10.0 Å². The van der Waals surface area contributed by atoms with Gasteiger partial charge in [-0.2, -0.15) is 4.31 Å². The third-order valence-electron chi connectivity index (χ3n) is 2.84. The largest absolute Gasteiger partial charge is 0.250 e. The molecule has 0 saturated heterocycles. The Balaban J connectivity index is 2.40. The first kappa shape index (κ1) is 17.2. The molecule has 0 radical (unpaired) electrons. The first-order chi connectivity index (χ1) is 9.73. The number of thiazole rings is 1.